The Hall–Kier alpha value is -0.620. The molecule has 86 valence electrons. The first-order valence-electron chi connectivity index (χ1n) is 4.57. The summed E-state index contributed by atoms with van der Waals surface area (Å²) in [5.41, 5.74) is 2.58. The molecule has 15 heavy (non-hydrogen) atoms. The molecule has 1 unspecified atom stereocenters. The predicted octanol–water partition coefficient (Wildman–Crippen LogP) is 2.88. The van der Waals surface area contributed by atoms with Crippen LogP contribution in [0.2, 0.25) is 0 Å². The third-order valence-electron chi connectivity index (χ3n) is 1.99. The first-order valence-corrected chi connectivity index (χ1v) is 5.45. The standard InChI is InChI=1S/C9H13F3N2S/c1-6(3-9(10,11)12)13-4-8-7(2)14-5-15-8/h5-6,13H,3-4H2,1-2H3. The van der Waals surface area contributed by atoms with Gasteiger partial charge >= 0.3 is 6.18 Å². The Labute approximate surface area is 90.5 Å². The minimum atomic E-state index is -4.10. The molecule has 0 radical (unpaired) electrons. The van der Waals surface area contributed by atoms with E-state index in [-0.39, 0.29) is 0 Å². The Balaban J connectivity index is 2.35. The molecule has 1 heterocycles. The van der Waals surface area contributed by atoms with Crippen molar-refractivity contribution in [2.75, 3.05) is 0 Å². The minimum absolute atomic E-state index is 0.452. The summed E-state index contributed by atoms with van der Waals surface area (Å²) in [6, 6.07) is -0.563. The summed E-state index contributed by atoms with van der Waals surface area (Å²) in [6.45, 7) is 3.83. The molecule has 6 heteroatoms. The highest BCUT2D eigenvalue weighted by Crippen LogP contribution is 2.21. The fraction of sp³-hybridized carbons (Fsp3) is 0.667. The Morgan fingerprint density at radius 3 is 2.67 bits per heavy atom. The molecule has 0 amide bonds. The van der Waals surface area contributed by atoms with Gasteiger partial charge in [0.15, 0.2) is 0 Å². The van der Waals surface area contributed by atoms with Gasteiger partial charge in [0, 0.05) is 17.5 Å². The molecule has 0 fully saturated rings. The smallest absolute Gasteiger partial charge is 0.309 e. The van der Waals surface area contributed by atoms with E-state index in [1.807, 2.05) is 6.92 Å². The van der Waals surface area contributed by atoms with Crippen molar-refractivity contribution in [3.8, 4) is 0 Å². The van der Waals surface area contributed by atoms with Gasteiger partial charge in [-0.05, 0) is 13.8 Å². The molecule has 0 saturated heterocycles. The highest BCUT2D eigenvalue weighted by atomic mass is 32.1. The van der Waals surface area contributed by atoms with Gasteiger partial charge in [0.2, 0.25) is 0 Å². The maximum Gasteiger partial charge on any atom is 0.390 e. The minimum Gasteiger partial charge on any atom is -0.309 e. The van der Waals surface area contributed by atoms with E-state index >= 15 is 0 Å². The molecule has 1 rings (SSSR count). The SMILES string of the molecule is Cc1ncsc1CNC(C)CC(F)(F)F. The van der Waals surface area contributed by atoms with Crippen molar-refractivity contribution in [1.29, 1.82) is 0 Å². The number of alkyl halides is 3. The van der Waals surface area contributed by atoms with Gasteiger partial charge in [-0.1, -0.05) is 0 Å². The van der Waals surface area contributed by atoms with Crippen LogP contribution in [-0.2, 0) is 6.54 Å². The average molecular weight is 238 g/mol. The molecule has 0 saturated carbocycles. The fourth-order valence-corrected chi connectivity index (χ4v) is 1.91. The van der Waals surface area contributed by atoms with Crippen LogP contribution in [0.15, 0.2) is 5.51 Å². The lowest BCUT2D eigenvalue weighted by atomic mass is 10.2. The third kappa shape index (κ3) is 4.61. The number of nitrogens with one attached hydrogen (secondary N) is 1. The van der Waals surface area contributed by atoms with Crippen LogP contribution in [0, 0.1) is 6.92 Å². The van der Waals surface area contributed by atoms with Crippen LogP contribution >= 0.6 is 11.3 Å². The van der Waals surface area contributed by atoms with Gasteiger partial charge in [-0.3, -0.25) is 0 Å². The Morgan fingerprint density at radius 2 is 2.20 bits per heavy atom. The molecule has 0 aliphatic heterocycles. The molecule has 0 bridgehead atoms. The molecule has 1 atom stereocenters. The van der Waals surface area contributed by atoms with Gasteiger partial charge in [-0.25, -0.2) is 4.98 Å². The summed E-state index contributed by atoms with van der Waals surface area (Å²) in [7, 11) is 0. The normalized spacial score (nSPS) is 14.2. The lowest BCUT2D eigenvalue weighted by molar-refractivity contribution is -0.139. The molecule has 2 nitrogen and oxygen atoms in total. The topological polar surface area (TPSA) is 24.9 Å². The largest absolute Gasteiger partial charge is 0.390 e. The summed E-state index contributed by atoms with van der Waals surface area (Å²) < 4.78 is 36.0. The molecule has 1 aromatic rings. The monoisotopic (exact) mass is 238 g/mol. The van der Waals surface area contributed by atoms with Gasteiger partial charge in [0.05, 0.1) is 17.6 Å². The van der Waals surface area contributed by atoms with Crippen molar-refractivity contribution in [1.82, 2.24) is 10.3 Å². The Bertz CT molecular complexity index is 309. The molecular formula is C9H13F3N2S. The van der Waals surface area contributed by atoms with Crippen molar-refractivity contribution < 1.29 is 13.2 Å². The second kappa shape index (κ2) is 4.94. The molecular weight excluding hydrogens is 225 g/mol. The van der Waals surface area contributed by atoms with Gasteiger partial charge in [-0.2, -0.15) is 13.2 Å². The zero-order valence-electron chi connectivity index (χ0n) is 8.56. The van der Waals surface area contributed by atoms with Crippen LogP contribution in [-0.4, -0.2) is 17.2 Å². The number of halogens is 3. The Morgan fingerprint density at radius 1 is 1.53 bits per heavy atom. The number of aromatic nitrogens is 1. The molecule has 0 aromatic carbocycles. The number of rotatable bonds is 4. The van der Waals surface area contributed by atoms with Gasteiger partial charge in [0.25, 0.3) is 0 Å². The van der Waals surface area contributed by atoms with E-state index in [1.165, 1.54) is 18.3 Å². The molecule has 1 aromatic heterocycles. The van der Waals surface area contributed by atoms with Crippen LogP contribution in [0.3, 0.4) is 0 Å². The van der Waals surface area contributed by atoms with Gasteiger partial charge in [-0.15, -0.1) is 11.3 Å². The lowest BCUT2D eigenvalue weighted by Gasteiger charge is -2.15. The zero-order chi connectivity index (χ0) is 11.5. The second-order valence-corrected chi connectivity index (χ2v) is 4.40. The van der Waals surface area contributed by atoms with Crippen molar-refractivity contribution in [2.45, 2.75) is 39.0 Å². The van der Waals surface area contributed by atoms with Crippen LogP contribution in [0.1, 0.15) is 23.9 Å². The highest BCUT2D eigenvalue weighted by Gasteiger charge is 2.29. The second-order valence-electron chi connectivity index (χ2n) is 3.46. The quantitative estimate of drug-likeness (QED) is 0.872. The predicted molar refractivity (Wildman–Crippen MR) is 53.8 cm³/mol. The van der Waals surface area contributed by atoms with Crippen LogP contribution < -0.4 is 5.32 Å². The van der Waals surface area contributed by atoms with Crippen molar-refractivity contribution in [3.05, 3.63) is 16.1 Å². The third-order valence-corrected chi connectivity index (χ3v) is 2.93. The van der Waals surface area contributed by atoms with Crippen LogP contribution in [0.5, 0.6) is 0 Å². The molecule has 0 aliphatic rings. The summed E-state index contributed by atoms with van der Waals surface area (Å²) in [6.07, 6.45) is -4.90. The van der Waals surface area contributed by atoms with E-state index < -0.39 is 18.6 Å². The summed E-state index contributed by atoms with van der Waals surface area (Å²) in [4.78, 5) is 5.02. The summed E-state index contributed by atoms with van der Waals surface area (Å²) in [5, 5.41) is 2.83. The Kier molecular flexibility index (Phi) is 4.10. The number of aryl methyl sites for hydroxylation is 1. The van der Waals surface area contributed by atoms with E-state index in [1.54, 1.807) is 5.51 Å². The van der Waals surface area contributed by atoms with E-state index in [9.17, 15) is 13.2 Å². The highest BCUT2D eigenvalue weighted by molar-refractivity contribution is 7.09. The first kappa shape index (κ1) is 12.4. The zero-order valence-corrected chi connectivity index (χ0v) is 9.37. The average Bonchev–Trinajstić information content (AvgIpc) is 2.44. The van der Waals surface area contributed by atoms with Gasteiger partial charge in [0.1, 0.15) is 0 Å². The van der Waals surface area contributed by atoms with E-state index in [0.29, 0.717) is 6.54 Å². The molecule has 0 aliphatic carbocycles. The van der Waals surface area contributed by atoms with Crippen LogP contribution in [0.4, 0.5) is 13.2 Å². The number of nitrogens with zero attached hydrogens (tertiary/aromatic N) is 1. The van der Waals surface area contributed by atoms with Crippen molar-refractivity contribution >= 4 is 11.3 Å². The van der Waals surface area contributed by atoms with E-state index in [0.717, 1.165) is 10.6 Å². The lowest BCUT2D eigenvalue weighted by Crippen LogP contribution is -2.30. The van der Waals surface area contributed by atoms with E-state index in [4.69, 9.17) is 0 Å². The van der Waals surface area contributed by atoms with Crippen molar-refractivity contribution in [3.63, 3.8) is 0 Å². The van der Waals surface area contributed by atoms with Crippen LogP contribution in [0.25, 0.3) is 0 Å². The molecule has 1 N–H and O–H groups in total. The maximum absolute atomic E-state index is 12.0. The van der Waals surface area contributed by atoms with Crippen molar-refractivity contribution in [2.24, 2.45) is 0 Å². The fourth-order valence-electron chi connectivity index (χ4n) is 1.18. The first-order chi connectivity index (χ1) is 6.88. The molecule has 0 spiro atoms. The van der Waals surface area contributed by atoms with Gasteiger partial charge < -0.3 is 5.32 Å². The van der Waals surface area contributed by atoms with E-state index in [2.05, 4.69) is 10.3 Å². The summed E-state index contributed by atoms with van der Waals surface area (Å²) >= 11 is 1.45. The summed E-state index contributed by atoms with van der Waals surface area (Å²) in [5.74, 6) is 0. The maximum atomic E-state index is 12.0. The number of hydrogen-bond donors (Lipinski definition) is 1. The number of thiazole rings is 1. The number of hydrogen-bond acceptors (Lipinski definition) is 3.